The fourth-order valence-corrected chi connectivity index (χ4v) is 2.58. The highest BCUT2D eigenvalue weighted by Gasteiger charge is 2.06. The Balaban J connectivity index is 1.92. The Bertz CT molecular complexity index is 647. The van der Waals surface area contributed by atoms with E-state index in [1.54, 1.807) is 7.11 Å². The lowest BCUT2D eigenvalue weighted by Gasteiger charge is -2.09. The maximum Gasteiger partial charge on any atom is 0.228 e. The Kier molecular flexibility index (Phi) is 6.21. The van der Waals surface area contributed by atoms with Gasteiger partial charge in [-0.2, -0.15) is 0 Å². The maximum atomic E-state index is 12.2. The number of rotatable bonds is 7. The second kappa shape index (κ2) is 8.37. The van der Waals surface area contributed by atoms with Crippen LogP contribution >= 0.6 is 0 Å². The van der Waals surface area contributed by atoms with Crippen molar-refractivity contribution in [3.8, 4) is 5.75 Å². The molecule has 0 radical (unpaired) electrons. The van der Waals surface area contributed by atoms with E-state index in [0.717, 1.165) is 29.0 Å². The molecule has 3 nitrogen and oxygen atoms in total. The Morgan fingerprint density at radius 3 is 2.39 bits per heavy atom. The first-order valence-corrected chi connectivity index (χ1v) is 8.14. The molecular weight excluding hydrogens is 286 g/mol. The van der Waals surface area contributed by atoms with E-state index in [9.17, 15) is 4.79 Å². The highest BCUT2D eigenvalue weighted by atomic mass is 16.5. The van der Waals surface area contributed by atoms with E-state index in [1.165, 1.54) is 18.4 Å². The number of carbonyl (C=O) groups is 1. The highest BCUT2D eigenvalue weighted by molar-refractivity contribution is 5.92. The van der Waals surface area contributed by atoms with Crippen molar-refractivity contribution in [2.45, 2.75) is 39.5 Å². The zero-order valence-corrected chi connectivity index (χ0v) is 14.2. The van der Waals surface area contributed by atoms with Gasteiger partial charge in [0, 0.05) is 5.69 Å². The summed E-state index contributed by atoms with van der Waals surface area (Å²) in [5, 5.41) is 2.95. The van der Waals surface area contributed by atoms with Gasteiger partial charge < -0.3 is 10.1 Å². The molecule has 2 aromatic rings. The Hall–Kier alpha value is -2.29. The summed E-state index contributed by atoms with van der Waals surface area (Å²) in [5.41, 5.74) is 4.19. The molecule has 0 aromatic heterocycles. The molecule has 0 aliphatic carbocycles. The predicted octanol–water partition coefficient (Wildman–Crippen LogP) is 4.53. The van der Waals surface area contributed by atoms with Crippen LogP contribution in [0.5, 0.6) is 5.75 Å². The third-order valence-corrected chi connectivity index (χ3v) is 3.88. The first kappa shape index (κ1) is 17.1. The molecule has 0 saturated heterocycles. The first-order valence-electron chi connectivity index (χ1n) is 8.14. The average molecular weight is 311 g/mol. The zero-order chi connectivity index (χ0) is 16.7. The van der Waals surface area contributed by atoms with Crippen LogP contribution in [0.25, 0.3) is 0 Å². The van der Waals surface area contributed by atoms with Crippen LogP contribution in [-0.2, 0) is 17.6 Å². The number of amides is 1. The summed E-state index contributed by atoms with van der Waals surface area (Å²) in [5.74, 6) is 0.840. The van der Waals surface area contributed by atoms with Crippen LogP contribution in [0.2, 0.25) is 0 Å². The van der Waals surface area contributed by atoms with Crippen molar-refractivity contribution in [2.75, 3.05) is 12.4 Å². The minimum atomic E-state index is -0.00382. The smallest absolute Gasteiger partial charge is 0.228 e. The van der Waals surface area contributed by atoms with Gasteiger partial charge in [0.2, 0.25) is 5.91 Å². The number of anilines is 1. The minimum absolute atomic E-state index is 0.00382. The van der Waals surface area contributed by atoms with Gasteiger partial charge in [-0.15, -0.1) is 0 Å². The van der Waals surface area contributed by atoms with Crippen LogP contribution < -0.4 is 10.1 Å². The maximum absolute atomic E-state index is 12.2. The molecule has 1 N–H and O–H groups in total. The number of carbonyl (C=O) groups excluding carboxylic acids is 1. The van der Waals surface area contributed by atoms with Crippen molar-refractivity contribution in [2.24, 2.45) is 0 Å². The van der Waals surface area contributed by atoms with E-state index in [0.29, 0.717) is 6.42 Å². The third kappa shape index (κ3) is 5.13. The molecule has 0 atom stereocenters. The number of ether oxygens (including phenoxy) is 1. The fourth-order valence-electron chi connectivity index (χ4n) is 2.58. The number of benzene rings is 2. The summed E-state index contributed by atoms with van der Waals surface area (Å²) in [7, 11) is 1.65. The molecule has 3 heteroatoms. The second-order valence-corrected chi connectivity index (χ2v) is 5.83. The van der Waals surface area contributed by atoms with E-state index >= 15 is 0 Å². The quantitative estimate of drug-likeness (QED) is 0.816. The van der Waals surface area contributed by atoms with Gasteiger partial charge in [-0.1, -0.05) is 37.6 Å². The van der Waals surface area contributed by atoms with E-state index < -0.39 is 0 Å². The van der Waals surface area contributed by atoms with Gasteiger partial charge in [0.25, 0.3) is 0 Å². The van der Waals surface area contributed by atoms with Crippen LogP contribution in [-0.4, -0.2) is 13.0 Å². The number of unbranched alkanes of at least 4 members (excludes halogenated alkanes) is 1. The van der Waals surface area contributed by atoms with Gasteiger partial charge in [-0.25, -0.2) is 0 Å². The molecule has 23 heavy (non-hydrogen) atoms. The SMILES string of the molecule is CCCCc1ccc(NC(=O)Cc2ccc(OC)c(C)c2)cc1. The van der Waals surface area contributed by atoms with Gasteiger partial charge in [0.15, 0.2) is 0 Å². The zero-order valence-electron chi connectivity index (χ0n) is 14.2. The van der Waals surface area contributed by atoms with Crippen molar-refractivity contribution in [1.82, 2.24) is 0 Å². The Morgan fingerprint density at radius 2 is 1.78 bits per heavy atom. The molecule has 0 aliphatic rings. The van der Waals surface area contributed by atoms with Crippen LogP contribution in [0.15, 0.2) is 42.5 Å². The van der Waals surface area contributed by atoms with Crippen molar-refractivity contribution >= 4 is 11.6 Å². The standard InChI is InChI=1S/C20H25NO2/c1-4-5-6-16-7-10-18(11-8-16)21-20(22)14-17-9-12-19(23-3)15(2)13-17/h7-13H,4-6,14H2,1-3H3,(H,21,22). The monoisotopic (exact) mass is 311 g/mol. The molecule has 0 unspecified atom stereocenters. The summed E-state index contributed by atoms with van der Waals surface area (Å²) in [6, 6.07) is 13.9. The topological polar surface area (TPSA) is 38.3 Å². The molecule has 0 spiro atoms. The lowest BCUT2D eigenvalue weighted by molar-refractivity contribution is -0.115. The van der Waals surface area contributed by atoms with Crippen molar-refractivity contribution in [1.29, 1.82) is 0 Å². The van der Waals surface area contributed by atoms with Gasteiger partial charge in [0.1, 0.15) is 5.75 Å². The van der Waals surface area contributed by atoms with Gasteiger partial charge in [-0.3, -0.25) is 4.79 Å². The lowest BCUT2D eigenvalue weighted by Crippen LogP contribution is -2.14. The molecule has 0 aliphatic heterocycles. The third-order valence-electron chi connectivity index (χ3n) is 3.88. The fraction of sp³-hybridized carbons (Fsp3) is 0.350. The van der Waals surface area contributed by atoms with E-state index in [-0.39, 0.29) is 5.91 Å². The van der Waals surface area contributed by atoms with Crippen molar-refractivity contribution < 1.29 is 9.53 Å². The molecule has 0 bridgehead atoms. The average Bonchev–Trinajstić information content (AvgIpc) is 2.54. The summed E-state index contributed by atoms with van der Waals surface area (Å²) in [6.45, 7) is 4.17. The van der Waals surface area contributed by atoms with E-state index in [4.69, 9.17) is 4.74 Å². The van der Waals surface area contributed by atoms with E-state index in [1.807, 2.05) is 37.3 Å². The largest absolute Gasteiger partial charge is 0.496 e. The number of methoxy groups -OCH3 is 1. The highest BCUT2D eigenvalue weighted by Crippen LogP contribution is 2.19. The molecule has 0 saturated carbocycles. The van der Waals surface area contributed by atoms with Gasteiger partial charge in [-0.05, 0) is 54.7 Å². The Morgan fingerprint density at radius 1 is 1.09 bits per heavy atom. The molecule has 122 valence electrons. The normalized spacial score (nSPS) is 10.4. The van der Waals surface area contributed by atoms with Crippen molar-refractivity contribution in [3.63, 3.8) is 0 Å². The summed E-state index contributed by atoms with van der Waals surface area (Å²) < 4.78 is 5.24. The molecule has 1 amide bonds. The van der Waals surface area contributed by atoms with Crippen LogP contribution in [0.4, 0.5) is 5.69 Å². The van der Waals surface area contributed by atoms with Crippen LogP contribution in [0.1, 0.15) is 36.5 Å². The molecule has 2 rings (SSSR count). The first-order chi connectivity index (χ1) is 11.1. The van der Waals surface area contributed by atoms with Crippen LogP contribution in [0.3, 0.4) is 0 Å². The molecular formula is C20H25NO2. The molecule has 2 aromatic carbocycles. The van der Waals surface area contributed by atoms with Gasteiger partial charge >= 0.3 is 0 Å². The minimum Gasteiger partial charge on any atom is -0.496 e. The lowest BCUT2D eigenvalue weighted by atomic mass is 10.1. The second-order valence-electron chi connectivity index (χ2n) is 5.83. The number of nitrogens with one attached hydrogen (secondary N) is 1. The van der Waals surface area contributed by atoms with E-state index in [2.05, 4.69) is 24.4 Å². The molecule has 0 fully saturated rings. The Labute approximate surface area is 138 Å². The number of aryl methyl sites for hydroxylation is 2. The van der Waals surface area contributed by atoms with Crippen molar-refractivity contribution in [3.05, 3.63) is 59.2 Å². The summed E-state index contributed by atoms with van der Waals surface area (Å²) >= 11 is 0. The predicted molar refractivity (Wildman–Crippen MR) is 95.1 cm³/mol. The van der Waals surface area contributed by atoms with Gasteiger partial charge in [0.05, 0.1) is 13.5 Å². The van der Waals surface area contributed by atoms with Crippen LogP contribution in [0, 0.1) is 6.92 Å². The number of hydrogen-bond donors (Lipinski definition) is 1. The molecule has 0 heterocycles. The summed E-state index contributed by atoms with van der Waals surface area (Å²) in [4.78, 5) is 12.2. The number of hydrogen-bond acceptors (Lipinski definition) is 2. The summed E-state index contributed by atoms with van der Waals surface area (Å²) in [6.07, 6.45) is 3.85.